The third-order valence-electron chi connectivity index (χ3n) is 2.22. The van der Waals surface area contributed by atoms with Crippen LogP contribution in [-0.2, 0) is 4.74 Å². The van der Waals surface area contributed by atoms with Gasteiger partial charge in [0.25, 0.3) is 0 Å². The number of nitrogens with one attached hydrogen (secondary N) is 1. The molecule has 0 aliphatic heterocycles. The van der Waals surface area contributed by atoms with Gasteiger partial charge in [-0.1, -0.05) is 24.3 Å². The Balaban J connectivity index is 3.04. The fraction of sp³-hybridized carbons (Fsp3) is 0.250. The van der Waals surface area contributed by atoms with E-state index in [0.717, 1.165) is 22.4 Å². The Morgan fingerprint density at radius 1 is 1.47 bits per heavy atom. The van der Waals surface area contributed by atoms with Crippen LogP contribution in [0.5, 0.6) is 0 Å². The zero-order chi connectivity index (χ0) is 11.4. The summed E-state index contributed by atoms with van der Waals surface area (Å²) < 4.78 is 4.54. The van der Waals surface area contributed by atoms with Crippen LogP contribution in [0.25, 0.3) is 5.57 Å². The molecule has 15 heavy (non-hydrogen) atoms. The number of carbonyl (C=O) groups excluding carboxylic acids is 1. The highest BCUT2D eigenvalue weighted by Crippen LogP contribution is 2.23. The number of allylic oxidation sites excluding steroid dienone is 1. The Labute approximate surface area is 89.8 Å². The summed E-state index contributed by atoms with van der Waals surface area (Å²) in [7, 11) is 1.34. The predicted molar refractivity (Wildman–Crippen MR) is 61.9 cm³/mol. The number of methoxy groups -OCH3 is 1. The first-order chi connectivity index (χ1) is 7.06. The van der Waals surface area contributed by atoms with E-state index in [-0.39, 0.29) is 0 Å². The largest absolute Gasteiger partial charge is 0.453 e. The first-order valence-corrected chi connectivity index (χ1v) is 4.66. The summed E-state index contributed by atoms with van der Waals surface area (Å²) in [6.45, 7) is 7.76. The average Bonchev–Trinajstić information content (AvgIpc) is 2.20. The molecule has 1 aromatic rings. The number of rotatable bonds is 2. The SMILES string of the molecule is C=C(C)c1cccc(NC(=O)OC)c1C. The standard InChI is InChI=1S/C12H15NO2/c1-8(2)10-6-5-7-11(9(10)3)13-12(14)15-4/h5-7H,1H2,2-4H3,(H,13,14). The first-order valence-electron chi connectivity index (χ1n) is 4.66. The molecule has 1 aromatic carbocycles. The second kappa shape index (κ2) is 4.64. The van der Waals surface area contributed by atoms with Gasteiger partial charge in [-0.15, -0.1) is 0 Å². The normalized spacial score (nSPS) is 9.53. The van der Waals surface area contributed by atoms with Gasteiger partial charge in [0.2, 0.25) is 0 Å². The average molecular weight is 205 g/mol. The van der Waals surface area contributed by atoms with Crippen molar-refractivity contribution in [2.24, 2.45) is 0 Å². The molecule has 1 rings (SSSR count). The van der Waals surface area contributed by atoms with Gasteiger partial charge in [0.15, 0.2) is 0 Å². The zero-order valence-corrected chi connectivity index (χ0v) is 9.26. The zero-order valence-electron chi connectivity index (χ0n) is 9.26. The lowest BCUT2D eigenvalue weighted by Gasteiger charge is -2.11. The summed E-state index contributed by atoms with van der Waals surface area (Å²) in [5.41, 5.74) is 3.77. The molecule has 0 saturated heterocycles. The van der Waals surface area contributed by atoms with Gasteiger partial charge in [0, 0.05) is 5.69 Å². The van der Waals surface area contributed by atoms with Crippen molar-refractivity contribution in [3.05, 3.63) is 35.9 Å². The number of benzene rings is 1. The van der Waals surface area contributed by atoms with Gasteiger partial charge >= 0.3 is 6.09 Å². The molecule has 0 fully saturated rings. The summed E-state index contributed by atoms with van der Waals surface area (Å²) in [6.07, 6.45) is -0.461. The van der Waals surface area contributed by atoms with E-state index in [9.17, 15) is 4.79 Å². The lowest BCUT2D eigenvalue weighted by molar-refractivity contribution is 0.187. The third kappa shape index (κ3) is 2.59. The number of hydrogen-bond donors (Lipinski definition) is 1. The number of ether oxygens (including phenoxy) is 1. The first kappa shape index (κ1) is 11.3. The van der Waals surface area contributed by atoms with Crippen molar-refractivity contribution in [1.82, 2.24) is 0 Å². The maximum atomic E-state index is 11.1. The Kier molecular flexibility index (Phi) is 3.50. The highest BCUT2D eigenvalue weighted by molar-refractivity contribution is 5.87. The number of hydrogen-bond acceptors (Lipinski definition) is 2. The van der Waals surface area contributed by atoms with Gasteiger partial charge in [-0.25, -0.2) is 4.79 Å². The van der Waals surface area contributed by atoms with Crippen LogP contribution in [0.15, 0.2) is 24.8 Å². The van der Waals surface area contributed by atoms with Crippen molar-refractivity contribution >= 4 is 17.4 Å². The third-order valence-corrected chi connectivity index (χ3v) is 2.22. The molecule has 0 bridgehead atoms. The molecule has 0 spiro atoms. The lowest BCUT2D eigenvalue weighted by atomic mass is 10.0. The molecule has 0 aliphatic carbocycles. The highest BCUT2D eigenvalue weighted by atomic mass is 16.5. The highest BCUT2D eigenvalue weighted by Gasteiger charge is 2.07. The van der Waals surface area contributed by atoms with Crippen molar-refractivity contribution in [1.29, 1.82) is 0 Å². The van der Waals surface area contributed by atoms with Crippen molar-refractivity contribution in [3.63, 3.8) is 0 Å². The van der Waals surface area contributed by atoms with Crippen molar-refractivity contribution < 1.29 is 9.53 Å². The van der Waals surface area contributed by atoms with Crippen LogP contribution < -0.4 is 5.32 Å². The van der Waals surface area contributed by atoms with Crippen LogP contribution in [0.1, 0.15) is 18.1 Å². The molecular formula is C12H15NO2. The summed E-state index contributed by atoms with van der Waals surface area (Å²) in [5.74, 6) is 0. The Morgan fingerprint density at radius 2 is 2.13 bits per heavy atom. The van der Waals surface area contributed by atoms with E-state index in [2.05, 4.69) is 16.6 Å². The molecule has 3 nitrogen and oxygen atoms in total. The summed E-state index contributed by atoms with van der Waals surface area (Å²) in [4.78, 5) is 11.1. The summed E-state index contributed by atoms with van der Waals surface area (Å²) in [6, 6.07) is 5.68. The summed E-state index contributed by atoms with van der Waals surface area (Å²) in [5, 5.41) is 2.65. The van der Waals surface area contributed by atoms with Gasteiger partial charge in [-0.05, 0) is 31.0 Å². The van der Waals surface area contributed by atoms with E-state index in [1.165, 1.54) is 7.11 Å². The molecule has 0 radical (unpaired) electrons. The molecular weight excluding hydrogens is 190 g/mol. The predicted octanol–water partition coefficient (Wildman–Crippen LogP) is 3.21. The maximum Gasteiger partial charge on any atom is 0.411 e. The van der Waals surface area contributed by atoms with E-state index in [1.807, 2.05) is 32.0 Å². The molecule has 1 N–H and O–H groups in total. The second-order valence-electron chi connectivity index (χ2n) is 3.38. The van der Waals surface area contributed by atoms with Crippen LogP contribution in [-0.4, -0.2) is 13.2 Å². The van der Waals surface area contributed by atoms with Gasteiger partial charge < -0.3 is 4.74 Å². The number of carbonyl (C=O) groups is 1. The van der Waals surface area contributed by atoms with E-state index >= 15 is 0 Å². The maximum absolute atomic E-state index is 11.1. The van der Waals surface area contributed by atoms with E-state index < -0.39 is 6.09 Å². The molecule has 0 heterocycles. The van der Waals surface area contributed by atoms with Crippen LogP contribution >= 0.6 is 0 Å². The van der Waals surface area contributed by atoms with Gasteiger partial charge in [-0.2, -0.15) is 0 Å². The van der Waals surface area contributed by atoms with Gasteiger partial charge in [-0.3, -0.25) is 5.32 Å². The Hall–Kier alpha value is -1.77. The number of amides is 1. The second-order valence-corrected chi connectivity index (χ2v) is 3.38. The van der Waals surface area contributed by atoms with E-state index in [1.54, 1.807) is 0 Å². The minimum Gasteiger partial charge on any atom is -0.453 e. The molecule has 80 valence electrons. The Bertz CT molecular complexity index is 397. The fourth-order valence-corrected chi connectivity index (χ4v) is 1.39. The van der Waals surface area contributed by atoms with Crippen LogP contribution in [0, 0.1) is 6.92 Å². The van der Waals surface area contributed by atoms with Crippen molar-refractivity contribution in [2.45, 2.75) is 13.8 Å². The lowest BCUT2D eigenvalue weighted by Crippen LogP contribution is -2.12. The minimum absolute atomic E-state index is 0.461. The molecule has 1 amide bonds. The Morgan fingerprint density at radius 3 is 2.67 bits per heavy atom. The molecule has 0 saturated carbocycles. The van der Waals surface area contributed by atoms with E-state index in [4.69, 9.17) is 0 Å². The van der Waals surface area contributed by atoms with Gasteiger partial charge in [0.1, 0.15) is 0 Å². The molecule has 0 aliphatic rings. The van der Waals surface area contributed by atoms with Crippen LogP contribution in [0.3, 0.4) is 0 Å². The van der Waals surface area contributed by atoms with Crippen molar-refractivity contribution in [2.75, 3.05) is 12.4 Å². The van der Waals surface area contributed by atoms with Crippen LogP contribution in [0.4, 0.5) is 10.5 Å². The molecule has 0 atom stereocenters. The van der Waals surface area contributed by atoms with Crippen LogP contribution in [0.2, 0.25) is 0 Å². The molecule has 0 aromatic heterocycles. The quantitative estimate of drug-likeness (QED) is 0.805. The fourth-order valence-electron chi connectivity index (χ4n) is 1.39. The number of anilines is 1. The summed E-state index contributed by atoms with van der Waals surface area (Å²) >= 11 is 0. The molecule has 0 unspecified atom stereocenters. The smallest absolute Gasteiger partial charge is 0.411 e. The van der Waals surface area contributed by atoms with Crippen molar-refractivity contribution in [3.8, 4) is 0 Å². The molecule has 3 heteroatoms. The minimum atomic E-state index is -0.461. The van der Waals surface area contributed by atoms with E-state index in [0.29, 0.717) is 0 Å². The topological polar surface area (TPSA) is 38.3 Å². The monoisotopic (exact) mass is 205 g/mol. The van der Waals surface area contributed by atoms with Gasteiger partial charge in [0.05, 0.1) is 7.11 Å².